The number of carbonyl (C=O) groups is 1. The SMILES string of the molecule is O=C(O)C1(Cc2ccncc2Cl)CCC1. The third-order valence-corrected chi connectivity index (χ3v) is 3.49. The molecule has 80 valence electrons. The highest BCUT2D eigenvalue weighted by Gasteiger charge is 2.44. The van der Waals surface area contributed by atoms with Gasteiger partial charge in [-0.2, -0.15) is 0 Å². The predicted molar refractivity (Wildman–Crippen MR) is 56.9 cm³/mol. The predicted octanol–water partition coefficient (Wildman–Crippen LogP) is 2.53. The minimum atomic E-state index is -0.707. The van der Waals surface area contributed by atoms with Crippen molar-refractivity contribution in [3.63, 3.8) is 0 Å². The number of halogens is 1. The van der Waals surface area contributed by atoms with Crippen molar-refractivity contribution in [2.24, 2.45) is 5.41 Å². The lowest BCUT2D eigenvalue weighted by Gasteiger charge is -2.37. The van der Waals surface area contributed by atoms with Crippen LogP contribution in [0.15, 0.2) is 18.5 Å². The first-order valence-electron chi connectivity index (χ1n) is 4.96. The van der Waals surface area contributed by atoms with Crippen LogP contribution in [0.1, 0.15) is 24.8 Å². The van der Waals surface area contributed by atoms with E-state index in [4.69, 9.17) is 11.6 Å². The highest BCUT2D eigenvalue weighted by atomic mass is 35.5. The number of aliphatic carboxylic acids is 1. The number of hydrogen-bond donors (Lipinski definition) is 1. The molecule has 0 bridgehead atoms. The maximum absolute atomic E-state index is 11.2. The summed E-state index contributed by atoms with van der Waals surface area (Å²) in [6.07, 6.45) is 6.22. The Morgan fingerprint density at radius 3 is 2.80 bits per heavy atom. The average molecular weight is 226 g/mol. The zero-order chi connectivity index (χ0) is 10.9. The fourth-order valence-corrected chi connectivity index (χ4v) is 2.17. The zero-order valence-corrected chi connectivity index (χ0v) is 9.00. The van der Waals surface area contributed by atoms with Gasteiger partial charge in [-0.05, 0) is 30.9 Å². The monoisotopic (exact) mass is 225 g/mol. The van der Waals surface area contributed by atoms with E-state index in [9.17, 15) is 9.90 Å². The molecule has 3 nitrogen and oxygen atoms in total. The van der Waals surface area contributed by atoms with Gasteiger partial charge in [0.15, 0.2) is 0 Å². The van der Waals surface area contributed by atoms with Crippen LogP contribution in [-0.2, 0) is 11.2 Å². The van der Waals surface area contributed by atoms with Crippen LogP contribution in [0.2, 0.25) is 5.02 Å². The Balaban J connectivity index is 2.21. The molecule has 1 aromatic rings. The van der Waals surface area contributed by atoms with Crippen molar-refractivity contribution >= 4 is 17.6 Å². The van der Waals surface area contributed by atoms with Crippen molar-refractivity contribution in [3.05, 3.63) is 29.0 Å². The molecule has 1 saturated carbocycles. The standard InChI is InChI=1S/C11H12ClNO2/c12-9-7-13-5-2-8(9)6-11(10(14)15)3-1-4-11/h2,5,7H,1,3-4,6H2,(H,14,15). The van der Waals surface area contributed by atoms with Crippen LogP contribution in [0, 0.1) is 5.41 Å². The Hall–Kier alpha value is -1.09. The van der Waals surface area contributed by atoms with E-state index in [1.807, 2.05) is 0 Å². The van der Waals surface area contributed by atoms with Crippen LogP contribution >= 0.6 is 11.6 Å². The number of hydrogen-bond acceptors (Lipinski definition) is 2. The van der Waals surface area contributed by atoms with Crippen LogP contribution < -0.4 is 0 Å². The molecule has 1 aromatic heterocycles. The summed E-state index contributed by atoms with van der Waals surface area (Å²) >= 11 is 5.96. The Morgan fingerprint density at radius 2 is 2.33 bits per heavy atom. The molecule has 4 heteroatoms. The summed E-state index contributed by atoms with van der Waals surface area (Å²) < 4.78 is 0. The van der Waals surface area contributed by atoms with Crippen molar-refractivity contribution in [1.29, 1.82) is 0 Å². The highest BCUT2D eigenvalue weighted by molar-refractivity contribution is 6.31. The Bertz CT molecular complexity index is 388. The summed E-state index contributed by atoms with van der Waals surface area (Å²) in [5.41, 5.74) is 0.305. The van der Waals surface area contributed by atoms with E-state index in [1.165, 1.54) is 0 Å². The minimum absolute atomic E-state index is 0.518. The fourth-order valence-electron chi connectivity index (χ4n) is 1.98. The van der Waals surface area contributed by atoms with E-state index in [2.05, 4.69) is 4.98 Å². The van der Waals surface area contributed by atoms with Gasteiger partial charge in [-0.3, -0.25) is 9.78 Å². The maximum Gasteiger partial charge on any atom is 0.309 e. The molecule has 0 spiro atoms. The smallest absolute Gasteiger partial charge is 0.309 e. The zero-order valence-electron chi connectivity index (χ0n) is 8.24. The van der Waals surface area contributed by atoms with Crippen molar-refractivity contribution < 1.29 is 9.90 Å². The molecule has 2 rings (SSSR count). The molecule has 0 amide bonds. The van der Waals surface area contributed by atoms with Gasteiger partial charge < -0.3 is 5.11 Å². The largest absolute Gasteiger partial charge is 0.481 e. The molecule has 0 atom stereocenters. The van der Waals surface area contributed by atoms with E-state index in [0.717, 1.165) is 24.8 Å². The normalized spacial score (nSPS) is 18.2. The van der Waals surface area contributed by atoms with E-state index in [-0.39, 0.29) is 0 Å². The van der Waals surface area contributed by atoms with Gasteiger partial charge >= 0.3 is 5.97 Å². The molecule has 1 fully saturated rings. The number of pyridine rings is 1. The third-order valence-electron chi connectivity index (χ3n) is 3.15. The van der Waals surface area contributed by atoms with E-state index in [1.54, 1.807) is 18.5 Å². The van der Waals surface area contributed by atoms with Crippen LogP contribution in [0.25, 0.3) is 0 Å². The summed E-state index contributed by atoms with van der Waals surface area (Å²) in [4.78, 5) is 15.0. The number of rotatable bonds is 3. The number of aromatic nitrogens is 1. The first-order chi connectivity index (χ1) is 7.14. The maximum atomic E-state index is 11.2. The molecule has 1 aliphatic rings. The number of nitrogens with zero attached hydrogens (tertiary/aromatic N) is 1. The quantitative estimate of drug-likeness (QED) is 0.860. The van der Waals surface area contributed by atoms with Crippen LogP contribution in [0.5, 0.6) is 0 Å². The van der Waals surface area contributed by atoms with Gasteiger partial charge in [-0.25, -0.2) is 0 Å². The second-order valence-electron chi connectivity index (χ2n) is 4.08. The van der Waals surface area contributed by atoms with Gasteiger partial charge in [0, 0.05) is 12.4 Å². The first kappa shape index (κ1) is 10.4. The van der Waals surface area contributed by atoms with E-state index in [0.29, 0.717) is 11.4 Å². The first-order valence-corrected chi connectivity index (χ1v) is 5.34. The van der Waals surface area contributed by atoms with E-state index >= 15 is 0 Å². The average Bonchev–Trinajstić information content (AvgIpc) is 2.13. The van der Waals surface area contributed by atoms with Crippen molar-refractivity contribution in [3.8, 4) is 0 Å². The lowest BCUT2D eigenvalue weighted by molar-refractivity contribution is -0.154. The highest BCUT2D eigenvalue weighted by Crippen LogP contribution is 2.44. The van der Waals surface area contributed by atoms with Crippen molar-refractivity contribution in [2.75, 3.05) is 0 Å². The third kappa shape index (κ3) is 1.84. The Morgan fingerprint density at radius 1 is 1.60 bits per heavy atom. The van der Waals surface area contributed by atoms with Crippen LogP contribution in [0.4, 0.5) is 0 Å². The molecule has 0 aliphatic heterocycles. The number of carboxylic acid groups (broad SMARTS) is 1. The Kier molecular flexibility index (Phi) is 2.65. The van der Waals surface area contributed by atoms with Gasteiger partial charge in [0.05, 0.1) is 10.4 Å². The van der Waals surface area contributed by atoms with Crippen molar-refractivity contribution in [2.45, 2.75) is 25.7 Å². The second-order valence-corrected chi connectivity index (χ2v) is 4.49. The molecule has 15 heavy (non-hydrogen) atoms. The van der Waals surface area contributed by atoms with Gasteiger partial charge in [-0.15, -0.1) is 0 Å². The molecule has 1 N–H and O–H groups in total. The molecular formula is C11H12ClNO2. The van der Waals surface area contributed by atoms with Gasteiger partial charge in [-0.1, -0.05) is 18.0 Å². The summed E-state index contributed by atoms with van der Waals surface area (Å²) in [5, 5.41) is 9.74. The van der Waals surface area contributed by atoms with Gasteiger partial charge in [0.2, 0.25) is 0 Å². The number of carboxylic acids is 1. The molecule has 0 unspecified atom stereocenters. The summed E-state index contributed by atoms with van der Waals surface area (Å²) in [6.45, 7) is 0. The lowest BCUT2D eigenvalue weighted by atomic mass is 9.65. The molecule has 0 radical (unpaired) electrons. The van der Waals surface area contributed by atoms with E-state index < -0.39 is 11.4 Å². The molecule has 0 aromatic carbocycles. The molecule has 1 heterocycles. The van der Waals surface area contributed by atoms with Gasteiger partial charge in [0.1, 0.15) is 0 Å². The van der Waals surface area contributed by atoms with Crippen LogP contribution in [-0.4, -0.2) is 16.1 Å². The Labute approximate surface area is 93.1 Å². The fraction of sp³-hybridized carbons (Fsp3) is 0.455. The minimum Gasteiger partial charge on any atom is -0.481 e. The molecule has 1 aliphatic carbocycles. The van der Waals surface area contributed by atoms with Gasteiger partial charge in [0.25, 0.3) is 0 Å². The molecular weight excluding hydrogens is 214 g/mol. The van der Waals surface area contributed by atoms with Crippen molar-refractivity contribution in [1.82, 2.24) is 4.98 Å². The molecule has 0 saturated heterocycles. The summed E-state index contributed by atoms with van der Waals surface area (Å²) in [6, 6.07) is 1.80. The van der Waals surface area contributed by atoms with Crippen LogP contribution in [0.3, 0.4) is 0 Å². The summed E-state index contributed by atoms with van der Waals surface area (Å²) in [5.74, 6) is -0.707. The summed E-state index contributed by atoms with van der Waals surface area (Å²) in [7, 11) is 0. The second kappa shape index (κ2) is 3.81. The lowest BCUT2D eigenvalue weighted by Crippen LogP contribution is -2.39. The topological polar surface area (TPSA) is 50.2 Å².